The van der Waals surface area contributed by atoms with Gasteiger partial charge in [-0.25, -0.2) is 0 Å². The largest absolute Gasteiger partial charge is 0.379 e. The molecule has 4 nitrogen and oxygen atoms in total. The molecule has 2 aromatic rings. The predicted octanol–water partition coefficient (Wildman–Crippen LogP) is 4.67. The number of aromatic nitrogens is 1. The van der Waals surface area contributed by atoms with E-state index < -0.39 is 0 Å². The maximum Gasteiger partial charge on any atom is 0.0594 e. The molecule has 0 unspecified atom stereocenters. The Balaban J connectivity index is 1.45. The lowest BCUT2D eigenvalue weighted by Gasteiger charge is -2.34. The van der Waals surface area contributed by atoms with Gasteiger partial charge < -0.3 is 14.2 Å². The van der Waals surface area contributed by atoms with Crippen molar-refractivity contribution < 1.29 is 4.74 Å². The second-order valence-corrected chi connectivity index (χ2v) is 9.22. The zero-order valence-corrected chi connectivity index (χ0v) is 19.1. The molecule has 0 radical (unpaired) electrons. The molecule has 2 aliphatic heterocycles. The molecule has 0 saturated carbocycles. The molecule has 2 saturated heterocycles. The number of para-hydroxylation sites is 1. The zero-order valence-electron chi connectivity index (χ0n) is 19.1. The fraction of sp³-hybridized carbons (Fsp3) is 0.615. The van der Waals surface area contributed by atoms with Crippen LogP contribution in [-0.2, 0) is 11.2 Å². The maximum atomic E-state index is 5.48. The van der Waals surface area contributed by atoms with Gasteiger partial charge in [0, 0.05) is 43.3 Å². The van der Waals surface area contributed by atoms with Crippen molar-refractivity contribution in [1.29, 1.82) is 0 Å². The fourth-order valence-electron chi connectivity index (χ4n) is 5.19. The number of hydrogen-bond acceptors (Lipinski definition) is 3. The minimum atomic E-state index is 0.526. The van der Waals surface area contributed by atoms with Crippen LogP contribution >= 0.6 is 0 Å². The second kappa shape index (κ2) is 10.1. The third-order valence-corrected chi connectivity index (χ3v) is 6.97. The lowest BCUT2D eigenvalue weighted by Crippen LogP contribution is -2.43. The highest BCUT2D eigenvalue weighted by Gasteiger charge is 2.27. The van der Waals surface area contributed by atoms with E-state index in [0.717, 1.165) is 32.7 Å². The van der Waals surface area contributed by atoms with Gasteiger partial charge in [0.05, 0.1) is 13.2 Å². The van der Waals surface area contributed by atoms with Gasteiger partial charge in [0.25, 0.3) is 0 Å². The van der Waals surface area contributed by atoms with E-state index >= 15 is 0 Å². The topological polar surface area (TPSA) is 20.6 Å². The highest BCUT2D eigenvalue weighted by atomic mass is 16.5. The number of benzene rings is 1. The van der Waals surface area contributed by atoms with Gasteiger partial charge in [0.15, 0.2) is 0 Å². The van der Waals surface area contributed by atoms with Crippen LogP contribution in [0.2, 0.25) is 0 Å². The lowest BCUT2D eigenvalue weighted by molar-refractivity contribution is 0.0321. The number of nitrogens with zero attached hydrogens (tertiary/aromatic N) is 3. The summed E-state index contributed by atoms with van der Waals surface area (Å²) >= 11 is 0. The number of ether oxygens (including phenoxy) is 1. The van der Waals surface area contributed by atoms with E-state index in [9.17, 15) is 0 Å². The van der Waals surface area contributed by atoms with Crippen LogP contribution in [0.25, 0.3) is 5.69 Å². The van der Waals surface area contributed by atoms with Gasteiger partial charge in [-0.1, -0.05) is 39.0 Å². The number of piperidine rings is 1. The smallest absolute Gasteiger partial charge is 0.0594 e. The molecule has 3 heterocycles. The molecule has 0 aliphatic carbocycles. The van der Waals surface area contributed by atoms with E-state index in [4.69, 9.17) is 4.74 Å². The van der Waals surface area contributed by atoms with Crippen molar-refractivity contribution in [3.63, 3.8) is 0 Å². The van der Waals surface area contributed by atoms with Gasteiger partial charge in [-0.3, -0.25) is 4.90 Å². The Bertz CT molecular complexity index is 784. The standard InChI is InChI=1S/C26H39N3O/c1-4-25-24(20-26(21(2)3)29(25)23-8-6-5-7-9-23)22-10-12-27(13-11-22)14-15-28-16-18-30-19-17-28/h5-9,20-22H,4,10-19H2,1-3H3. The Morgan fingerprint density at radius 3 is 2.17 bits per heavy atom. The molecule has 1 aromatic heterocycles. The van der Waals surface area contributed by atoms with Crippen molar-refractivity contribution in [2.24, 2.45) is 0 Å². The van der Waals surface area contributed by atoms with E-state index in [1.807, 2.05) is 0 Å². The summed E-state index contributed by atoms with van der Waals surface area (Å²) in [5, 5.41) is 0. The molecule has 0 N–H and O–H groups in total. The highest BCUT2D eigenvalue weighted by Crippen LogP contribution is 2.36. The third-order valence-electron chi connectivity index (χ3n) is 6.97. The fourth-order valence-corrected chi connectivity index (χ4v) is 5.19. The van der Waals surface area contributed by atoms with Crippen LogP contribution < -0.4 is 0 Å². The first kappa shape index (κ1) is 21.6. The molecule has 4 heteroatoms. The van der Waals surface area contributed by atoms with Crippen LogP contribution in [0, 0.1) is 0 Å². The first-order valence-electron chi connectivity index (χ1n) is 12.0. The van der Waals surface area contributed by atoms with E-state index in [1.165, 1.54) is 56.1 Å². The molecule has 2 fully saturated rings. The molecular weight excluding hydrogens is 370 g/mol. The van der Waals surface area contributed by atoms with Gasteiger partial charge in [-0.15, -0.1) is 0 Å². The van der Waals surface area contributed by atoms with Crippen molar-refractivity contribution in [2.75, 3.05) is 52.5 Å². The van der Waals surface area contributed by atoms with Crippen molar-refractivity contribution in [3.8, 4) is 5.69 Å². The van der Waals surface area contributed by atoms with Crippen molar-refractivity contribution in [1.82, 2.24) is 14.4 Å². The highest BCUT2D eigenvalue weighted by molar-refractivity contribution is 5.44. The van der Waals surface area contributed by atoms with Crippen molar-refractivity contribution >= 4 is 0 Å². The third kappa shape index (κ3) is 4.82. The Labute approximate surface area is 182 Å². The average Bonchev–Trinajstić information content (AvgIpc) is 3.19. The minimum Gasteiger partial charge on any atom is -0.379 e. The molecule has 0 amide bonds. The Morgan fingerprint density at radius 2 is 1.57 bits per heavy atom. The summed E-state index contributed by atoms with van der Waals surface area (Å²) in [6, 6.07) is 13.5. The molecular formula is C26H39N3O. The summed E-state index contributed by atoms with van der Waals surface area (Å²) in [5.74, 6) is 1.22. The summed E-state index contributed by atoms with van der Waals surface area (Å²) in [5.41, 5.74) is 5.91. The second-order valence-electron chi connectivity index (χ2n) is 9.22. The summed E-state index contributed by atoms with van der Waals surface area (Å²) in [6.07, 6.45) is 3.66. The summed E-state index contributed by atoms with van der Waals surface area (Å²) < 4.78 is 8.03. The molecule has 164 valence electrons. The van der Waals surface area contributed by atoms with E-state index in [-0.39, 0.29) is 0 Å². The molecule has 1 aromatic carbocycles. The molecule has 4 rings (SSSR count). The Hall–Kier alpha value is -1.62. The molecule has 2 aliphatic rings. The van der Waals surface area contributed by atoms with Crippen LogP contribution in [0.5, 0.6) is 0 Å². The molecule has 30 heavy (non-hydrogen) atoms. The van der Waals surface area contributed by atoms with E-state index in [2.05, 4.69) is 71.5 Å². The zero-order chi connectivity index (χ0) is 20.9. The van der Waals surface area contributed by atoms with Crippen LogP contribution in [0.3, 0.4) is 0 Å². The molecule has 0 spiro atoms. The average molecular weight is 410 g/mol. The normalized spacial score (nSPS) is 19.6. The first-order valence-corrected chi connectivity index (χ1v) is 12.0. The van der Waals surface area contributed by atoms with Crippen LogP contribution in [0.15, 0.2) is 36.4 Å². The summed E-state index contributed by atoms with van der Waals surface area (Å²) in [7, 11) is 0. The number of likely N-dealkylation sites (tertiary alicyclic amines) is 1. The maximum absolute atomic E-state index is 5.48. The van der Waals surface area contributed by atoms with Gasteiger partial charge in [0.2, 0.25) is 0 Å². The van der Waals surface area contributed by atoms with E-state index in [0.29, 0.717) is 11.8 Å². The molecule has 0 atom stereocenters. The van der Waals surface area contributed by atoms with E-state index in [1.54, 1.807) is 5.56 Å². The minimum absolute atomic E-state index is 0.526. The Morgan fingerprint density at radius 1 is 0.933 bits per heavy atom. The van der Waals surface area contributed by atoms with Crippen molar-refractivity contribution in [3.05, 3.63) is 53.3 Å². The first-order chi connectivity index (χ1) is 14.7. The number of hydrogen-bond donors (Lipinski definition) is 0. The number of rotatable bonds is 7. The van der Waals surface area contributed by atoms with Crippen LogP contribution in [-0.4, -0.2) is 66.8 Å². The van der Waals surface area contributed by atoms with Crippen LogP contribution in [0.1, 0.15) is 62.4 Å². The molecule has 0 bridgehead atoms. The predicted molar refractivity (Wildman–Crippen MR) is 125 cm³/mol. The number of morpholine rings is 1. The monoisotopic (exact) mass is 409 g/mol. The summed E-state index contributed by atoms with van der Waals surface area (Å²) in [4.78, 5) is 5.23. The van der Waals surface area contributed by atoms with Gasteiger partial charge in [-0.2, -0.15) is 0 Å². The Kier molecular flexibility index (Phi) is 7.29. The van der Waals surface area contributed by atoms with Gasteiger partial charge in [0.1, 0.15) is 0 Å². The van der Waals surface area contributed by atoms with Crippen molar-refractivity contribution in [2.45, 2.75) is 51.9 Å². The SMILES string of the molecule is CCc1c(C2CCN(CCN3CCOCC3)CC2)cc(C(C)C)n1-c1ccccc1. The summed E-state index contributed by atoms with van der Waals surface area (Å²) in [6.45, 7) is 15.8. The lowest BCUT2D eigenvalue weighted by atomic mass is 9.88. The van der Waals surface area contributed by atoms with Gasteiger partial charge >= 0.3 is 0 Å². The van der Waals surface area contributed by atoms with Gasteiger partial charge in [-0.05, 0) is 68.0 Å². The quantitative estimate of drug-likeness (QED) is 0.663. The van der Waals surface area contributed by atoms with Crippen LogP contribution in [0.4, 0.5) is 0 Å².